The van der Waals surface area contributed by atoms with Crippen molar-refractivity contribution in [3.63, 3.8) is 0 Å². The summed E-state index contributed by atoms with van der Waals surface area (Å²) in [6, 6.07) is 90.4. The fourth-order valence-corrected chi connectivity index (χ4v) is 13.1. The van der Waals surface area contributed by atoms with E-state index in [0.29, 0.717) is 0 Å². The second kappa shape index (κ2) is 14.6. The Hall–Kier alpha value is -9.38. The van der Waals surface area contributed by atoms with Gasteiger partial charge in [0.1, 0.15) is 34.2 Å². The molecule has 336 valence electrons. The minimum Gasteiger partial charge on any atom is -0.457 e. The molecule has 11 aromatic carbocycles. The van der Waals surface area contributed by atoms with Crippen molar-refractivity contribution in [2.24, 2.45) is 0 Å². The van der Waals surface area contributed by atoms with E-state index in [1.54, 1.807) is 0 Å². The van der Waals surface area contributed by atoms with Gasteiger partial charge in [0.2, 0.25) is 0 Å². The zero-order chi connectivity index (χ0) is 47.1. The van der Waals surface area contributed by atoms with E-state index in [9.17, 15) is 0 Å². The highest BCUT2D eigenvalue weighted by Crippen LogP contribution is 2.65. The number of hydrogen-bond acceptors (Lipinski definition) is 4. The highest BCUT2D eigenvalue weighted by Gasteiger charge is 2.53. The van der Waals surface area contributed by atoms with E-state index in [0.717, 1.165) is 95.4 Å². The lowest BCUT2D eigenvalue weighted by Gasteiger charge is -2.40. The predicted octanol–water partition coefficient (Wildman–Crippen LogP) is 17.7. The van der Waals surface area contributed by atoms with Crippen LogP contribution >= 0.6 is 0 Å². The number of nitrogens with zero attached hydrogens (tertiary/aromatic N) is 1. The van der Waals surface area contributed by atoms with Crippen molar-refractivity contribution < 1.29 is 13.9 Å². The molecule has 4 heteroatoms. The van der Waals surface area contributed by atoms with Crippen molar-refractivity contribution in [1.82, 2.24) is 0 Å². The van der Waals surface area contributed by atoms with Crippen LogP contribution < -0.4 is 14.4 Å². The number of para-hydroxylation sites is 5. The van der Waals surface area contributed by atoms with Gasteiger partial charge in [0, 0.05) is 50.1 Å². The lowest BCUT2D eigenvalue weighted by Crippen LogP contribution is -2.32. The van der Waals surface area contributed by atoms with Crippen molar-refractivity contribution in [3.8, 4) is 56.4 Å². The number of fused-ring (bicyclic) bond motifs is 21. The molecule has 4 nitrogen and oxygen atoms in total. The summed E-state index contributed by atoms with van der Waals surface area (Å²) < 4.78 is 19.7. The van der Waals surface area contributed by atoms with E-state index in [-0.39, 0.29) is 0 Å². The van der Waals surface area contributed by atoms with Gasteiger partial charge in [0.25, 0.3) is 0 Å². The molecule has 16 rings (SSSR count). The molecule has 0 amide bonds. The third kappa shape index (κ3) is 5.15. The molecule has 0 radical (unpaired) electrons. The van der Waals surface area contributed by atoms with Crippen LogP contribution in [0.3, 0.4) is 0 Å². The maximum Gasteiger partial charge on any atom is 0.135 e. The van der Waals surface area contributed by atoms with E-state index in [2.05, 4.69) is 241 Å². The number of hydrogen-bond donors (Lipinski definition) is 0. The molecule has 2 aliphatic carbocycles. The van der Waals surface area contributed by atoms with Crippen molar-refractivity contribution in [3.05, 3.63) is 293 Å². The molecule has 0 unspecified atom stereocenters. The first-order chi connectivity index (χ1) is 35.7. The number of rotatable bonds is 4. The van der Waals surface area contributed by atoms with E-state index >= 15 is 0 Å². The number of benzene rings is 11. The largest absolute Gasteiger partial charge is 0.457 e. The van der Waals surface area contributed by atoms with Gasteiger partial charge >= 0.3 is 0 Å². The van der Waals surface area contributed by atoms with E-state index in [1.807, 2.05) is 12.1 Å². The minimum atomic E-state index is -0.627. The molecule has 12 aromatic rings. The molecule has 1 aromatic heterocycles. The Balaban J connectivity index is 0.944. The van der Waals surface area contributed by atoms with Gasteiger partial charge in [-0.15, -0.1) is 0 Å². The van der Waals surface area contributed by atoms with Crippen molar-refractivity contribution in [2.45, 2.75) is 10.8 Å². The Kier molecular flexibility index (Phi) is 7.99. The molecule has 2 spiro atoms. The SMILES string of the molecule is c1ccc2c(c1)Oc1ccccc1C21c2ccccc2-c2ccc(N(c3ccc(-c4ccc5oc6ccccc6c5c4)cc3)c3ccc4c(c3)C3(c5ccccc5Oc5ccccc53)c3ccccc3-4)cc21. The monoisotopic (exact) mass is 919 g/mol. The zero-order valence-corrected chi connectivity index (χ0v) is 38.8. The molecule has 0 saturated heterocycles. The second-order valence-corrected chi connectivity index (χ2v) is 19.4. The van der Waals surface area contributed by atoms with Gasteiger partial charge in [0.15, 0.2) is 0 Å². The zero-order valence-electron chi connectivity index (χ0n) is 38.8. The van der Waals surface area contributed by atoms with E-state index in [1.165, 1.54) is 44.5 Å². The van der Waals surface area contributed by atoms with Crippen LogP contribution in [0.4, 0.5) is 17.1 Å². The average Bonchev–Trinajstić information content (AvgIpc) is 4.06. The van der Waals surface area contributed by atoms with Gasteiger partial charge in [-0.2, -0.15) is 0 Å². The summed E-state index contributed by atoms with van der Waals surface area (Å²) in [5.41, 5.74) is 20.4. The van der Waals surface area contributed by atoms with Crippen molar-refractivity contribution in [1.29, 1.82) is 0 Å². The lowest BCUT2D eigenvalue weighted by molar-refractivity contribution is 0.436. The summed E-state index contributed by atoms with van der Waals surface area (Å²) in [6.45, 7) is 0. The summed E-state index contributed by atoms with van der Waals surface area (Å²) in [5.74, 6) is 3.50. The van der Waals surface area contributed by atoms with Gasteiger partial charge < -0.3 is 18.8 Å². The molecule has 72 heavy (non-hydrogen) atoms. The van der Waals surface area contributed by atoms with Crippen LogP contribution in [-0.2, 0) is 10.8 Å². The quantitative estimate of drug-likeness (QED) is 0.176. The predicted molar refractivity (Wildman–Crippen MR) is 289 cm³/mol. The summed E-state index contributed by atoms with van der Waals surface area (Å²) in [6.07, 6.45) is 0. The normalized spacial score (nSPS) is 14.3. The summed E-state index contributed by atoms with van der Waals surface area (Å²) in [7, 11) is 0. The molecule has 0 N–H and O–H groups in total. The Bertz CT molecular complexity index is 3970. The molecule has 3 heterocycles. The van der Waals surface area contributed by atoms with Crippen LogP contribution in [0.25, 0.3) is 55.3 Å². The lowest BCUT2D eigenvalue weighted by atomic mass is 9.66. The first-order valence-corrected chi connectivity index (χ1v) is 24.7. The molecule has 0 saturated carbocycles. The fraction of sp³-hybridized carbons (Fsp3) is 0.0294. The maximum atomic E-state index is 6.75. The Morgan fingerprint density at radius 3 is 1.17 bits per heavy atom. The Morgan fingerprint density at radius 2 is 0.653 bits per heavy atom. The van der Waals surface area contributed by atoms with E-state index in [4.69, 9.17) is 13.9 Å². The van der Waals surface area contributed by atoms with Gasteiger partial charge in [-0.25, -0.2) is 0 Å². The molecular weight excluding hydrogens is 879 g/mol. The van der Waals surface area contributed by atoms with Gasteiger partial charge in [0.05, 0.1) is 10.8 Å². The fourth-order valence-electron chi connectivity index (χ4n) is 13.1. The van der Waals surface area contributed by atoms with Crippen LogP contribution in [-0.4, -0.2) is 0 Å². The first kappa shape index (κ1) is 39.5. The van der Waals surface area contributed by atoms with Crippen molar-refractivity contribution in [2.75, 3.05) is 4.90 Å². The van der Waals surface area contributed by atoms with Crippen LogP contribution in [0.15, 0.2) is 253 Å². The molecule has 4 aliphatic rings. The molecule has 0 bridgehead atoms. The average molecular weight is 920 g/mol. The Labute approximate surface area is 416 Å². The summed E-state index contributed by atoms with van der Waals surface area (Å²) in [5, 5.41) is 2.23. The van der Waals surface area contributed by atoms with Crippen LogP contribution in [0.1, 0.15) is 44.5 Å². The number of furan rings is 1. The summed E-state index contributed by atoms with van der Waals surface area (Å²) >= 11 is 0. The second-order valence-electron chi connectivity index (χ2n) is 19.4. The standard InChI is InChI=1S/C68H41NO3/c1-4-18-53-47(15-1)49-36-34-45(40-59(49)67(53)55-20-6-11-25-63(55)71-64-26-12-7-21-56(64)67)69(44-32-29-42(30-33-44)43-31-38-62-52(39-43)51-17-3-10-24-61(51)70-62)46-35-37-50-48-16-2-5-19-54(48)68(60(50)41-46)57-22-8-13-27-65(57)72-66-28-14-9-23-58(66)68/h1-41H. The highest BCUT2D eigenvalue weighted by molar-refractivity contribution is 6.06. The van der Waals surface area contributed by atoms with Crippen LogP contribution in [0, 0.1) is 0 Å². The number of ether oxygens (including phenoxy) is 2. The van der Waals surface area contributed by atoms with Gasteiger partial charge in [-0.1, -0.05) is 170 Å². The highest BCUT2D eigenvalue weighted by atomic mass is 16.5. The molecule has 0 atom stereocenters. The topological polar surface area (TPSA) is 34.8 Å². The molecular formula is C68H41NO3. The van der Waals surface area contributed by atoms with Crippen LogP contribution in [0.2, 0.25) is 0 Å². The third-order valence-corrected chi connectivity index (χ3v) is 16.0. The molecule has 2 aliphatic heterocycles. The smallest absolute Gasteiger partial charge is 0.135 e. The van der Waals surface area contributed by atoms with Gasteiger partial charge in [-0.05, 0) is 134 Å². The first-order valence-electron chi connectivity index (χ1n) is 24.7. The maximum absolute atomic E-state index is 6.75. The molecule has 0 fully saturated rings. The minimum absolute atomic E-state index is 0.627. The van der Waals surface area contributed by atoms with Crippen molar-refractivity contribution >= 4 is 39.0 Å². The summed E-state index contributed by atoms with van der Waals surface area (Å²) in [4.78, 5) is 2.46. The van der Waals surface area contributed by atoms with Gasteiger partial charge in [-0.3, -0.25) is 0 Å². The number of anilines is 3. The van der Waals surface area contributed by atoms with Crippen LogP contribution in [0.5, 0.6) is 23.0 Å². The van der Waals surface area contributed by atoms with E-state index < -0.39 is 10.8 Å². The Morgan fingerprint density at radius 1 is 0.264 bits per heavy atom. The third-order valence-electron chi connectivity index (χ3n) is 16.0.